The van der Waals surface area contributed by atoms with Gasteiger partial charge in [-0.1, -0.05) is 217 Å². The maximum Gasteiger partial charge on any atom is 0.135 e. The van der Waals surface area contributed by atoms with Crippen molar-refractivity contribution in [3.8, 4) is 50.7 Å². The molecule has 0 amide bonds. The van der Waals surface area contributed by atoms with E-state index in [4.69, 9.17) is 9.72 Å². The van der Waals surface area contributed by atoms with E-state index < -0.39 is 5.41 Å². The summed E-state index contributed by atoms with van der Waals surface area (Å²) in [6.45, 7) is 15.7. The largest absolute Gasteiger partial charge is 0.509 e. The summed E-state index contributed by atoms with van der Waals surface area (Å²) in [6, 6.07) is 93.5. The van der Waals surface area contributed by atoms with Gasteiger partial charge in [-0.2, -0.15) is 6.07 Å². The van der Waals surface area contributed by atoms with E-state index in [-0.39, 0.29) is 31.9 Å². The number of nitrogens with zero attached hydrogens (tertiary/aromatic N) is 4. The summed E-state index contributed by atoms with van der Waals surface area (Å²) in [4.78, 5) is 9.61. The molecule has 0 radical (unpaired) electrons. The fraction of sp³-hybridized carbons (Fsp3) is 0.120. The molecule has 0 saturated heterocycles. The molecular formula is C75H59N4OPt-3. The molecule has 1 aliphatic heterocycles. The van der Waals surface area contributed by atoms with Gasteiger partial charge in [-0.25, -0.2) is 4.98 Å². The van der Waals surface area contributed by atoms with Crippen molar-refractivity contribution in [2.24, 2.45) is 0 Å². The fourth-order valence-corrected chi connectivity index (χ4v) is 12.4. The van der Waals surface area contributed by atoms with Gasteiger partial charge in [0.05, 0.1) is 5.41 Å². The summed E-state index contributed by atoms with van der Waals surface area (Å²) in [5.74, 6) is 2.04. The average molecular weight is 1230 g/mol. The Morgan fingerprint density at radius 2 is 1.01 bits per heavy atom. The number of fused-ring (bicyclic) bond motifs is 7. The fourth-order valence-electron chi connectivity index (χ4n) is 12.4. The summed E-state index contributed by atoms with van der Waals surface area (Å²) < 4.78 is 9.21. The number of para-hydroxylation sites is 3. The summed E-state index contributed by atoms with van der Waals surface area (Å²) in [5.41, 5.74) is 19.4. The van der Waals surface area contributed by atoms with E-state index in [1.807, 2.05) is 12.3 Å². The maximum atomic E-state index is 7.00. The third-order valence-electron chi connectivity index (χ3n) is 16.3. The molecule has 81 heavy (non-hydrogen) atoms. The molecule has 0 spiro atoms. The van der Waals surface area contributed by atoms with Crippen molar-refractivity contribution in [2.75, 3.05) is 9.80 Å². The standard InChI is InChI=1S/C75H59N4O.Pt/c1-73(2,3)53-40-41-76-71(46-53)79-67-35-21-18-32-61(67)62-39-38-57(48-70(62)79)80-58-43-54(74(4,5)6)42-56(47-58)77-49-78(69-37-23-22-36-68(69)77)72-63(50-24-10-7-11-25-50)44-55(45-64(72)51-26-12-8-13-27-51)75(52-28-14-9-15-29-52)65-33-19-16-30-59(65)60-31-17-20-34-66(60)75;/h7-46,49H,1-6H3;/q-3;. The molecule has 0 fully saturated rings. The molecule has 12 aromatic rings. The smallest absolute Gasteiger partial charge is 0.135 e. The number of rotatable bonds is 9. The normalized spacial score (nSPS) is 13.5. The average Bonchev–Trinajstić information content (AvgIpc) is 4.37. The number of pyridine rings is 1. The molecule has 10 aromatic carbocycles. The van der Waals surface area contributed by atoms with Gasteiger partial charge >= 0.3 is 0 Å². The summed E-state index contributed by atoms with van der Waals surface area (Å²) >= 11 is 0. The second-order valence-corrected chi connectivity index (χ2v) is 23.3. The molecule has 6 heteroatoms. The van der Waals surface area contributed by atoms with Crippen molar-refractivity contribution in [3.63, 3.8) is 0 Å². The van der Waals surface area contributed by atoms with Gasteiger partial charge in [0.25, 0.3) is 0 Å². The van der Waals surface area contributed by atoms with Crippen molar-refractivity contribution in [1.29, 1.82) is 0 Å². The Kier molecular flexibility index (Phi) is 12.8. The molecule has 2 aliphatic rings. The van der Waals surface area contributed by atoms with Crippen LogP contribution in [-0.4, -0.2) is 9.55 Å². The zero-order chi connectivity index (χ0) is 54.3. The van der Waals surface area contributed by atoms with Crippen molar-refractivity contribution < 1.29 is 25.8 Å². The van der Waals surface area contributed by atoms with Crippen LogP contribution >= 0.6 is 0 Å². The first kappa shape index (κ1) is 51.7. The first-order valence-electron chi connectivity index (χ1n) is 27.7. The molecule has 0 bridgehead atoms. The Hall–Kier alpha value is -8.76. The van der Waals surface area contributed by atoms with Crippen LogP contribution in [0.2, 0.25) is 0 Å². The van der Waals surface area contributed by atoms with Crippen LogP contribution in [0.3, 0.4) is 0 Å². The molecule has 1 aliphatic carbocycles. The summed E-state index contributed by atoms with van der Waals surface area (Å²) in [6.07, 6.45) is 1.91. The number of ether oxygens (including phenoxy) is 1. The van der Waals surface area contributed by atoms with Crippen LogP contribution < -0.4 is 14.5 Å². The van der Waals surface area contributed by atoms with Crippen molar-refractivity contribution >= 4 is 44.6 Å². The van der Waals surface area contributed by atoms with Crippen molar-refractivity contribution in [1.82, 2.24) is 9.55 Å². The van der Waals surface area contributed by atoms with E-state index in [2.05, 4.69) is 305 Å². The van der Waals surface area contributed by atoms with Gasteiger partial charge in [0.2, 0.25) is 0 Å². The summed E-state index contributed by atoms with van der Waals surface area (Å²) in [5, 5.41) is 2.22. The van der Waals surface area contributed by atoms with E-state index in [1.165, 1.54) is 38.9 Å². The minimum Gasteiger partial charge on any atom is -0.509 e. The number of aromatic nitrogens is 2. The molecule has 0 unspecified atom stereocenters. The van der Waals surface area contributed by atoms with Crippen LogP contribution in [0.1, 0.15) is 74.9 Å². The second-order valence-electron chi connectivity index (χ2n) is 23.3. The number of hydrogen-bond donors (Lipinski definition) is 0. The van der Waals surface area contributed by atoms with Gasteiger partial charge in [-0.05, 0) is 109 Å². The third kappa shape index (κ3) is 8.69. The summed E-state index contributed by atoms with van der Waals surface area (Å²) in [7, 11) is 0. The minimum absolute atomic E-state index is 0. The van der Waals surface area contributed by atoms with Crippen LogP contribution in [0.25, 0.3) is 61.0 Å². The predicted molar refractivity (Wildman–Crippen MR) is 330 cm³/mol. The topological polar surface area (TPSA) is 33.5 Å². The monoisotopic (exact) mass is 1230 g/mol. The molecule has 2 aromatic heterocycles. The Morgan fingerprint density at radius 1 is 0.457 bits per heavy atom. The molecule has 14 rings (SSSR count). The number of anilines is 4. The van der Waals surface area contributed by atoms with Crippen LogP contribution in [0.15, 0.2) is 243 Å². The van der Waals surface area contributed by atoms with Crippen LogP contribution in [0.4, 0.5) is 22.7 Å². The van der Waals surface area contributed by atoms with Crippen molar-refractivity contribution in [2.45, 2.75) is 57.8 Å². The Balaban J connectivity index is 0.00000618. The van der Waals surface area contributed by atoms with Gasteiger partial charge in [0.15, 0.2) is 0 Å². The van der Waals surface area contributed by atoms with Gasteiger partial charge in [-0.15, -0.1) is 53.6 Å². The predicted octanol–water partition coefficient (Wildman–Crippen LogP) is 19.3. The second kappa shape index (κ2) is 20.1. The molecule has 3 heterocycles. The molecule has 5 nitrogen and oxygen atoms in total. The zero-order valence-corrected chi connectivity index (χ0v) is 48.5. The quantitative estimate of drug-likeness (QED) is 0.135. The Bertz CT molecular complexity index is 4240. The maximum absolute atomic E-state index is 7.00. The van der Waals surface area contributed by atoms with Gasteiger partial charge in [-0.3, -0.25) is 0 Å². The van der Waals surface area contributed by atoms with E-state index in [1.54, 1.807) is 0 Å². The SMILES string of the molecule is CC(C)(C)c1cc(Oc2[c-]c3c(cc2)c2ccccc2n3-c2cc(C(C)(C)C)ccn2)[c-]c(N2[CH-]N(c3c(-c4ccccc4)cc(C4(c5ccccc5)c5ccccc5-c5ccccc54)cc3-c3ccccc3)c3ccccc32)c1.[Pt]. The molecule has 398 valence electrons. The van der Waals surface area contributed by atoms with E-state index in [9.17, 15) is 0 Å². The zero-order valence-electron chi connectivity index (χ0n) is 46.2. The van der Waals surface area contributed by atoms with Gasteiger partial charge in [0, 0.05) is 72.5 Å². The van der Waals surface area contributed by atoms with Gasteiger partial charge in [0.1, 0.15) is 5.82 Å². The molecule has 0 N–H and O–H groups in total. The Labute approximate surface area is 490 Å². The molecule has 0 saturated carbocycles. The number of hydrogen-bond acceptors (Lipinski definition) is 4. The first-order valence-corrected chi connectivity index (χ1v) is 27.7. The van der Waals surface area contributed by atoms with Gasteiger partial charge < -0.3 is 19.1 Å². The van der Waals surface area contributed by atoms with Crippen LogP contribution in [-0.2, 0) is 37.3 Å². The van der Waals surface area contributed by atoms with E-state index in [0.717, 1.165) is 78.2 Å². The third-order valence-corrected chi connectivity index (χ3v) is 16.3. The van der Waals surface area contributed by atoms with E-state index in [0.29, 0.717) is 11.5 Å². The minimum atomic E-state index is -0.621. The Morgan fingerprint density at radius 3 is 1.64 bits per heavy atom. The van der Waals surface area contributed by atoms with Crippen LogP contribution in [0, 0.1) is 18.8 Å². The number of benzene rings is 10. The molecular weight excluding hydrogens is 1170 g/mol. The van der Waals surface area contributed by atoms with Crippen LogP contribution in [0.5, 0.6) is 11.5 Å². The molecule has 0 atom stereocenters. The first-order chi connectivity index (χ1) is 38.9. The van der Waals surface area contributed by atoms with Crippen molar-refractivity contribution in [3.05, 3.63) is 295 Å². The van der Waals surface area contributed by atoms with E-state index >= 15 is 0 Å².